The molecule has 3 N–H and O–H groups in total. The Labute approximate surface area is 117 Å². The van der Waals surface area contributed by atoms with Gasteiger partial charge in [0.1, 0.15) is 4.88 Å². The lowest BCUT2D eigenvalue weighted by Gasteiger charge is -2.17. The number of carbonyl (C=O) groups excluding carboxylic acids is 1. The van der Waals surface area contributed by atoms with Crippen LogP contribution in [0.2, 0.25) is 0 Å². The maximum absolute atomic E-state index is 12.4. The van der Waals surface area contributed by atoms with E-state index >= 15 is 0 Å². The Bertz CT molecular complexity index is 513. The minimum Gasteiger partial charge on any atom is -0.393 e. The zero-order chi connectivity index (χ0) is 13.8. The van der Waals surface area contributed by atoms with E-state index in [9.17, 15) is 9.90 Å². The van der Waals surface area contributed by atoms with Gasteiger partial charge in [0.2, 0.25) is 0 Å². The number of nitrogens with two attached hydrogens (primary N) is 1. The predicted octanol–water partition coefficient (Wildman–Crippen LogP) is 0.901. The summed E-state index contributed by atoms with van der Waals surface area (Å²) in [6.07, 6.45) is 0.496. The van der Waals surface area contributed by atoms with E-state index in [0.29, 0.717) is 18.0 Å². The summed E-state index contributed by atoms with van der Waals surface area (Å²) in [6, 6.07) is 1.85. The van der Waals surface area contributed by atoms with Crippen LogP contribution < -0.4 is 5.73 Å². The Morgan fingerprint density at radius 3 is 3.16 bits per heavy atom. The maximum Gasteiger partial charge on any atom is 0.265 e. The lowest BCUT2D eigenvalue weighted by molar-refractivity contribution is 0.0767. The van der Waals surface area contributed by atoms with E-state index in [4.69, 9.17) is 5.73 Å². The van der Waals surface area contributed by atoms with Crippen molar-refractivity contribution in [1.29, 1.82) is 0 Å². The molecule has 2 unspecified atom stereocenters. The molecule has 2 heterocycles. The lowest BCUT2D eigenvalue weighted by Crippen LogP contribution is -2.30. The van der Waals surface area contributed by atoms with Gasteiger partial charge in [0.25, 0.3) is 5.91 Å². The molecule has 0 radical (unpaired) electrons. The molecule has 1 saturated heterocycles. The lowest BCUT2D eigenvalue weighted by atomic mass is 10.0. The van der Waals surface area contributed by atoms with Crippen LogP contribution in [0.25, 0.3) is 0 Å². The van der Waals surface area contributed by atoms with Crippen LogP contribution in [-0.4, -0.2) is 41.7 Å². The topological polar surface area (TPSA) is 66.6 Å². The number of likely N-dealkylation sites (tertiary alicyclic amines) is 1. The average molecular weight is 278 g/mol. The number of nitrogens with zero attached hydrogens (tertiary/aromatic N) is 1. The van der Waals surface area contributed by atoms with Crippen molar-refractivity contribution in [3.8, 4) is 11.8 Å². The van der Waals surface area contributed by atoms with E-state index in [2.05, 4.69) is 11.8 Å². The zero-order valence-corrected chi connectivity index (χ0v) is 11.7. The van der Waals surface area contributed by atoms with Crippen molar-refractivity contribution in [2.24, 2.45) is 11.7 Å². The summed E-state index contributed by atoms with van der Waals surface area (Å²) in [5.41, 5.74) is 6.10. The summed E-state index contributed by atoms with van der Waals surface area (Å²) < 4.78 is 0. The van der Waals surface area contributed by atoms with E-state index in [0.717, 1.165) is 12.0 Å². The maximum atomic E-state index is 12.4. The average Bonchev–Trinajstić information content (AvgIpc) is 3.04. The fourth-order valence-corrected chi connectivity index (χ4v) is 3.04. The Morgan fingerprint density at radius 2 is 2.53 bits per heavy atom. The van der Waals surface area contributed by atoms with Gasteiger partial charge in [-0.1, -0.05) is 11.8 Å². The molecule has 2 atom stereocenters. The van der Waals surface area contributed by atoms with Gasteiger partial charge >= 0.3 is 0 Å². The van der Waals surface area contributed by atoms with Crippen LogP contribution >= 0.6 is 11.3 Å². The van der Waals surface area contributed by atoms with Crippen LogP contribution in [-0.2, 0) is 0 Å². The number of aliphatic hydroxyl groups is 1. The number of rotatable bonds is 2. The smallest absolute Gasteiger partial charge is 0.265 e. The fraction of sp³-hybridized carbons (Fsp3) is 0.500. The van der Waals surface area contributed by atoms with E-state index in [-0.39, 0.29) is 24.5 Å². The van der Waals surface area contributed by atoms with Crippen molar-refractivity contribution >= 4 is 17.2 Å². The number of carbonyl (C=O) groups is 1. The quantitative estimate of drug-likeness (QED) is 0.790. The molecule has 1 aromatic heterocycles. The van der Waals surface area contributed by atoms with Crippen molar-refractivity contribution in [2.75, 3.05) is 19.6 Å². The van der Waals surface area contributed by atoms with E-state index in [1.54, 1.807) is 11.8 Å². The number of hydrogen-bond acceptors (Lipinski definition) is 4. The largest absolute Gasteiger partial charge is 0.393 e. The van der Waals surface area contributed by atoms with Gasteiger partial charge < -0.3 is 15.7 Å². The molecule has 1 aromatic rings. The minimum absolute atomic E-state index is 0.0134. The van der Waals surface area contributed by atoms with Gasteiger partial charge in [-0.15, -0.1) is 11.3 Å². The van der Waals surface area contributed by atoms with Crippen molar-refractivity contribution in [3.05, 3.63) is 21.9 Å². The van der Waals surface area contributed by atoms with Crippen LogP contribution in [0.3, 0.4) is 0 Å². The highest BCUT2D eigenvalue weighted by atomic mass is 32.1. The van der Waals surface area contributed by atoms with Gasteiger partial charge in [-0.2, -0.15) is 0 Å². The molecule has 102 valence electrons. The van der Waals surface area contributed by atoms with Crippen molar-refractivity contribution in [2.45, 2.75) is 19.4 Å². The summed E-state index contributed by atoms with van der Waals surface area (Å²) in [7, 11) is 0. The molecule has 0 bridgehead atoms. The minimum atomic E-state index is -0.363. The molecule has 0 saturated carbocycles. The molecule has 0 aromatic carbocycles. The monoisotopic (exact) mass is 278 g/mol. The Hall–Kier alpha value is -1.35. The first-order chi connectivity index (χ1) is 9.13. The molecule has 2 rings (SSSR count). The SMILES string of the molecule is CC(O)C1CCN(C(=O)c2sccc2C#CCN)C1. The van der Waals surface area contributed by atoms with Crippen LogP contribution in [0.15, 0.2) is 11.4 Å². The second kappa shape index (κ2) is 6.20. The molecule has 4 nitrogen and oxygen atoms in total. The Morgan fingerprint density at radius 1 is 1.74 bits per heavy atom. The zero-order valence-electron chi connectivity index (χ0n) is 10.9. The highest BCUT2D eigenvalue weighted by Gasteiger charge is 2.30. The van der Waals surface area contributed by atoms with Crippen molar-refractivity contribution in [1.82, 2.24) is 4.90 Å². The summed E-state index contributed by atoms with van der Waals surface area (Å²) in [5.74, 6) is 5.90. The van der Waals surface area contributed by atoms with Crippen molar-refractivity contribution < 1.29 is 9.90 Å². The van der Waals surface area contributed by atoms with E-state index in [1.807, 2.05) is 11.4 Å². The molecule has 1 aliphatic heterocycles. The summed E-state index contributed by atoms with van der Waals surface area (Å²) in [6.45, 7) is 3.40. The molecule has 1 aliphatic rings. The van der Waals surface area contributed by atoms with Gasteiger partial charge in [-0.3, -0.25) is 4.79 Å². The van der Waals surface area contributed by atoms with Gasteiger partial charge in [0.05, 0.1) is 12.6 Å². The predicted molar refractivity (Wildman–Crippen MR) is 75.9 cm³/mol. The van der Waals surface area contributed by atoms with Crippen LogP contribution in [0.4, 0.5) is 0 Å². The van der Waals surface area contributed by atoms with Gasteiger partial charge in [-0.05, 0) is 24.8 Å². The van der Waals surface area contributed by atoms with Crippen molar-refractivity contribution in [3.63, 3.8) is 0 Å². The van der Waals surface area contributed by atoms with Crippen LogP contribution in [0.1, 0.15) is 28.6 Å². The molecule has 1 fully saturated rings. The Balaban J connectivity index is 2.11. The highest BCUT2D eigenvalue weighted by Crippen LogP contribution is 2.24. The van der Waals surface area contributed by atoms with E-state index < -0.39 is 0 Å². The first kappa shape index (κ1) is 14.1. The normalized spacial score (nSPS) is 19.9. The Kier molecular flexibility index (Phi) is 4.59. The molecule has 1 amide bonds. The third kappa shape index (κ3) is 3.16. The molecular formula is C14H18N2O2S. The molecule has 0 aliphatic carbocycles. The summed E-state index contributed by atoms with van der Waals surface area (Å²) >= 11 is 1.41. The van der Waals surface area contributed by atoms with Gasteiger partial charge in [0, 0.05) is 24.6 Å². The molecule has 19 heavy (non-hydrogen) atoms. The second-order valence-electron chi connectivity index (χ2n) is 4.71. The standard InChI is InChI=1S/C14H18N2O2S/c1-10(17)12-4-7-16(9-12)14(18)13-11(3-2-6-15)5-8-19-13/h5,8,10,12,17H,4,6-7,9,15H2,1H3. The third-order valence-corrected chi connectivity index (χ3v) is 4.28. The summed E-state index contributed by atoms with van der Waals surface area (Å²) in [5, 5.41) is 11.5. The molecule has 5 heteroatoms. The first-order valence-electron chi connectivity index (χ1n) is 6.37. The van der Waals surface area contributed by atoms with E-state index in [1.165, 1.54) is 11.3 Å². The third-order valence-electron chi connectivity index (χ3n) is 3.38. The fourth-order valence-electron chi connectivity index (χ4n) is 2.23. The van der Waals surface area contributed by atoms with Gasteiger partial charge in [0.15, 0.2) is 0 Å². The highest BCUT2D eigenvalue weighted by molar-refractivity contribution is 7.12. The second-order valence-corrected chi connectivity index (χ2v) is 5.63. The first-order valence-corrected chi connectivity index (χ1v) is 7.25. The number of hydrogen-bond donors (Lipinski definition) is 2. The van der Waals surface area contributed by atoms with Gasteiger partial charge in [-0.25, -0.2) is 0 Å². The number of thiophene rings is 1. The molecular weight excluding hydrogens is 260 g/mol. The van der Waals surface area contributed by atoms with Crippen LogP contribution in [0, 0.1) is 17.8 Å². The molecule has 0 spiro atoms. The number of aliphatic hydroxyl groups excluding tert-OH is 1. The summed E-state index contributed by atoms with van der Waals surface area (Å²) in [4.78, 5) is 14.9. The number of amides is 1. The van der Waals surface area contributed by atoms with Crippen LogP contribution in [0.5, 0.6) is 0 Å².